The Hall–Kier alpha value is -1.66. The SMILES string of the molecule is O=[N+]([O-])c1ccc(OCCN(CCO)C2CC2)cc1. The van der Waals surface area contributed by atoms with Gasteiger partial charge < -0.3 is 9.84 Å². The molecule has 1 fully saturated rings. The van der Waals surface area contributed by atoms with Gasteiger partial charge in [0.25, 0.3) is 5.69 Å². The Kier molecular flexibility index (Phi) is 4.70. The van der Waals surface area contributed by atoms with E-state index in [1.165, 1.54) is 25.0 Å². The molecular formula is C13H18N2O4. The van der Waals surface area contributed by atoms with Crippen LogP contribution in [0.15, 0.2) is 24.3 Å². The molecule has 1 saturated carbocycles. The maximum Gasteiger partial charge on any atom is 0.269 e. The monoisotopic (exact) mass is 266 g/mol. The van der Waals surface area contributed by atoms with Crippen LogP contribution >= 0.6 is 0 Å². The number of ether oxygens (including phenoxy) is 1. The molecule has 1 aromatic rings. The first-order chi connectivity index (χ1) is 9.20. The number of benzene rings is 1. The number of nitrogens with zero attached hydrogens (tertiary/aromatic N) is 2. The molecule has 1 aliphatic rings. The van der Waals surface area contributed by atoms with Crippen LogP contribution in [-0.4, -0.2) is 47.3 Å². The van der Waals surface area contributed by atoms with Crippen LogP contribution in [-0.2, 0) is 0 Å². The highest BCUT2D eigenvalue weighted by Crippen LogP contribution is 2.26. The minimum Gasteiger partial charge on any atom is -0.492 e. The smallest absolute Gasteiger partial charge is 0.269 e. The molecule has 0 unspecified atom stereocenters. The number of nitro groups is 1. The average molecular weight is 266 g/mol. The van der Waals surface area contributed by atoms with E-state index in [1.54, 1.807) is 12.1 Å². The molecule has 6 heteroatoms. The summed E-state index contributed by atoms with van der Waals surface area (Å²) in [7, 11) is 0. The largest absolute Gasteiger partial charge is 0.492 e. The zero-order chi connectivity index (χ0) is 13.7. The molecule has 0 aromatic heterocycles. The van der Waals surface area contributed by atoms with Gasteiger partial charge in [-0.1, -0.05) is 0 Å². The highest BCUT2D eigenvalue weighted by atomic mass is 16.6. The number of hydrogen-bond acceptors (Lipinski definition) is 5. The quantitative estimate of drug-likeness (QED) is 0.569. The van der Waals surface area contributed by atoms with Crippen LogP contribution < -0.4 is 4.74 Å². The number of non-ortho nitro benzene ring substituents is 1. The molecule has 19 heavy (non-hydrogen) atoms. The van der Waals surface area contributed by atoms with Crippen molar-refractivity contribution >= 4 is 5.69 Å². The van der Waals surface area contributed by atoms with E-state index in [9.17, 15) is 10.1 Å². The molecular weight excluding hydrogens is 248 g/mol. The van der Waals surface area contributed by atoms with Gasteiger partial charge in [0, 0.05) is 31.3 Å². The summed E-state index contributed by atoms with van der Waals surface area (Å²) in [4.78, 5) is 12.3. The van der Waals surface area contributed by atoms with Crippen molar-refractivity contribution in [3.8, 4) is 5.75 Å². The lowest BCUT2D eigenvalue weighted by molar-refractivity contribution is -0.384. The molecule has 0 aliphatic heterocycles. The van der Waals surface area contributed by atoms with Gasteiger partial charge >= 0.3 is 0 Å². The molecule has 2 rings (SSSR count). The lowest BCUT2D eigenvalue weighted by Crippen LogP contribution is -2.33. The summed E-state index contributed by atoms with van der Waals surface area (Å²) in [5.41, 5.74) is 0.0623. The Morgan fingerprint density at radius 2 is 2.00 bits per heavy atom. The number of nitro benzene ring substituents is 1. The zero-order valence-corrected chi connectivity index (χ0v) is 10.7. The third kappa shape index (κ3) is 4.18. The van der Waals surface area contributed by atoms with Crippen molar-refractivity contribution in [3.05, 3.63) is 34.4 Å². The highest BCUT2D eigenvalue weighted by Gasteiger charge is 2.28. The van der Waals surface area contributed by atoms with Crippen molar-refractivity contribution in [1.29, 1.82) is 0 Å². The third-order valence-corrected chi connectivity index (χ3v) is 3.15. The Morgan fingerprint density at radius 3 is 2.53 bits per heavy atom. The highest BCUT2D eigenvalue weighted by molar-refractivity contribution is 5.35. The first kappa shape index (κ1) is 13.8. The molecule has 1 N–H and O–H groups in total. The van der Waals surface area contributed by atoms with Gasteiger partial charge in [0.05, 0.1) is 11.5 Å². The van der Waals surface area contributed by atoms with Crippen molar-refractivity contribution in [2.75, 3.05) is 26.3 Å². The fourth-order valence-corrected chi connectivity index (χ4v) is 1.99. The predicted molar refractivity (Wildman–Crippen MR) is 70.3 cm³/mol. The van der Waals surface area contributed by atoms with Crippen LogP contribution in [0, 0.1) is 10.1 Å². The molecule has 0 amide bonds. The second-order valence-corrected chi connectivity index (χ2v) is 4.59. The zero-order valence-electron chi connectivity index (χ0n) is 10.7. The second-order valence-electron chi connectivity index (χ2n) is 4.59. The van der Waals surface area contributed by atoms with Gasteiger partial charge in [-0.15, -0.1) is 0 Å². The van der Waals surface area contributed by atoms with E-state index in [-0.39, 0.29) is 12.3 Å². The van der Waals surface area contributed by atoms with Crippen LogP contribution in [0.2, 0.25) is 0 Å². The van der Waals surface area contributed by atoms with Crippen LogP contribution in [0.4, 0.5) is 5.69 Å². The van der Waals surface area contributed by atoms with Gasteiger partial charge in [-0.25, -0.2) is 0 Å². The summed E-state index contributed by atoms with van der Waals surface area (Å²) in [5.74, 6) is 0.630. The van der Waals surface area contributed by atoms with Gasteiger partial charge in [-0.05, 0) is 25.0 Å². The van der Waals surface area contributed by atoms with E-state index >= 15 is 0 Å². The first-order valence-corrected chi connectivity index (χ1v) is 6.43. The van der Waals surface area contributed by atoms with Gasteiger partial charge in [0.15, 0.2) is 0 Å². The molecule has 0 spiro atoms. The molecule has 0 radical (unpaired) electrons. The number of rotatable bonds is 8. The Bertz CT molecular complexity index is 417. The van der Waals surface area contributed by atoms with Crippen molar-refractivity contribution in [1.82, 2.24) is 4.90 Å². The summed E-state index contributed by atoms with van der Waals surface area (Å²) >= 11 is 0. The van der Waals surface area contributed by atoms with Crippen molar-refractivity contribution < 1.29 is 14.8 Å². The predicted octanol–water partition coefficient (Wildman–Crippen LogP) is 1.43. The molecule has 1 aromatic carbocycles. The lowest BCUT2D eigenvalue weighted by atomic mass is 10.3. The molecule has 0 heterocycles. The van der Waals surface area contributed by atoms with Crippen LogP contribution in [0.5, 0.6) is 5.75 Å². The first-order valence-electron chi connectivity index (χ1n) is 6.43. The van der Waals surface area contributed by atoms with E-state index in [1.807, 2.05) is 0 Å². The fraction of sp³-hybridized carbons (Fsp3) is 0.538. The third-order valence-electron chi connectivity index (χ3n) is 3.15. The van der Waals surface area contributed by atoms with E-state index < -0.39 is 4.92 Å². The Balaban J connectivity index is 1.76. The Labute approximate surface area is 111 Å². The second kappa shape index (κ2) is 6.49. The topological polar surface area (TPSA) is 75.8 Å². The van der Waals surface area contributed by atoms with E-state index in [4.69, 9.17) is 9.84 Å². The van der Waals surface area contributed by atoms with Crippen LogP contribution in [0.25, 0.3) is 0 Å². The maximum atomic E-state index is 10.5. The molecule has 1 aliphatic carbocycles. The van der Waals surface area contributed by atoms with Crippen molar-refractivity contribution in [2.24, 2.45) is 0 Å². The van der Waals surface area contributed by atoms with Gasteiger partial charge in [0.2, 0.25) is 0 Å². The van der Waals surface area contributed by atoms with E-state index in [2.05, 4.69) is 4.90 Å². The van der Waals surface area contributed by atoms with Gasteiger partial charge in [-0.3, -0.25) is 15.0 Å². The van der Waals surface area contributed by atoms with E-state index in [0.717, 1.165) is 6.54 Å². The Morgan fingerprint density at radius 1 is 1.32 bits per heavy atom. The lowest BCUT2D eigenvalue weighted by Gasteiger charge is -2.20. The van der Waals surface area contributed by atoms with Gasteiger partial charge in [-0.2, -0.15) is 0 Å². The normalized spacial score (nSPS) is 14.6. The standard InChI is InChI=1S/C13H18N2O4/c16-9-7-14(11-1-2-11)8-10-19-13-5-3-12(4-6-13)15(17)18/h3-6,11,16H,1-2,7-10H2. The van der Waals surface area contributed by atoms with Gasteiger partial charge in [0.1, 0.15) is 12.4 Å². The van der Waals surface area contributed by atoms with Crippen molar-refractivity contribution in [3.63, 3.8) is 0 Å². The average Bonchev–Trinajstić information content (AvgIpc) is 3.22. The molecule has 0 bridgehead atoms. The summed E-state index contributed by atoms with van der Waals surface area (Å²) in [5, 5.41) is 19.5. The maximum absolute atomic E-state index is 10.5. The molecule has 0 atom stereocenters. The van der Waals surface area contributed by atoms with Crippen LogP contribution in [0.3, 0.4) is 0 Å². The van der Waals surface area contributed by atoms with E-state index in [0.29, 0.717) is 24.9 Å². The summed E-state index contributed by atoms with van der Waals surface area (Å²) in [6.07, 6.45) is 2.38. The number of aliphatic hydroxyl groups excluding tert-OH is 1. The minimum absolute atomic E-state index is 0.0623. The number of aliphatic hydroxyl groups is 1. The number of hydrogen-bond donors (Lipinski definition) is 1. The molecule has 0 saturated heterocycles. The van der Waals surface area contributed by atoms with Crippen LogP contribution in [0.1, 0.15) is 12.8 Å². The summed E-state index contributed by atoms with van der Waals surface area (Å²) < 4.78 is 5.55. The molecule has 104 valence electrons. The minimum atomic E-state index is -0.431. The summed E-state index contributed by atoms with van der Waals surface area (Å²) in [6.45, 7) is 2.12. The molecule has 6 nitrogen and oxygen atoms in total. The van der Waals surface area contributed by atoms with Crippen molar-refractivity contribution in [2.45, 2.75) is 18.9 Å². The summed E-state index contributed by atoms with van der Waals surface area (Å²) in [6, 6.07) is 6.66. The fourth-order valence-electron chi connectivity index (χ4n) is 1.99.